The number of aliphatic hydroxyl groups excluding tert-OH is 1. The van der Waals surface area contributed by atoms with E-state index in [-0.39, 0.29) is 17.1 Å². The molecule has 2 aliphatic rings. The molecule has 2 heterocycles. The van der Waals surface area contributed by atoms with Gasteiger partial charge in [0.15, 0.2) is 0 Å². The van der Waals surface area contributed by atoms with Gasteiger partial charge >= 0.3 is 0 Å². The number of aromatic nitrogens is 3. The summed E-state index contributed by atoms with van der Waals surface area (Å²) >= 11 is 1.67. The van der Waals surface area contributed by atoms with Crippen molar-refractivity contribution in [3.8, 4) is 10.6 Å². The Hall–Kier alpha value is -2.25. The van der Waals surface area contributed by atoms with E-state index in [1.54, 1.807) is 11.3 Å². The second kappa shape index (κ2) is 7.14. The fourth-order valence-corrected chi connectivity index (χ4v) is 6.28. The monoisotopic (exact) mass is 437 g/mol. The molecule has 3 aromatic rings. The summed E-state index contributed by atoms with van der Waals surface area (Å²) in [6, 6.07) is 8.20. The summed E-state index contributed by atoms with van der Waals surface area (Å²) in [5.41, 5.74) is 2.51. The molecule has 4 atom stereocenters. The van der Waals surface area contributed by atoms with E-state index >= 15 is 0 Å². The number of benzene rings is 1. The van der Waals surface area contributed by atoms with Crippen LogP contribution in [0.2, 0.25) is 0 Å². The van der Waals surface area contributed by atoms with Crippen molar-refractivity contribution in [3.63, 3.8) is 0 Å². The zero-order chi connectivity index (χ0) is 22.0. The minimum absolute atomic E-state index is 0.123. The molecule has 0 spiro atoms. The van der Waals surface area contributed by atoms with E-state index in [9.17, 15) is 5.11 Å². The van der Waals surface area contributed by atoms with E-state index in [1.165, 1.54) is 0 Å². The Morgan fingerprint density at radius 3 is 2.65 bits per heavy atom. The number of aryl methyl sites for hydroxylation is 1. The van der Waals surface area contributed by atoms with Gasteiger partial charge in [0.2, 0.25) is 5.95 Å². The molecule has 0 amide bonds. The molecule has 0 radical (unpaired) electrons. The first kappa shape index (κ1) is 20.6. The highest BCUT2D eigenvalue weighted by molar-refractivity contribution is 7.21. The van der Waals surface area contributed by atoms with Crippen LogP contribution < -0.4 is 10.6 Å². The predicted octanol–water partition coefficient (Wildman–Crippen LogP) is 5.09. The largest absolute Gasteiger partial charge is 0.392 e. The van der Waals surface area contributed by atoms with Crippen LogP contribution in [0, 0.1) is 24.2 Å². The van der Waals surface area contributed by atoms with E-state index < -0.39 is 0 Å². The summed E-state index contributed by atoms with van der Waals surface area (Å²) in [5, 5.41) is 18.6. The van der Waals surface area contributed by atoms with Crippen LogP contribution in [0.3, 0.4) is 0 Å². The first-order chi connectivity index (χ1) is 14.7. The highest BCUT2D eigenvalue weighted by Gasteiger charge is 2.73. The lowest BCUT2D eigenvalue weighted by Gasteiger charge is -2.36. The van der Waals surface area contributed by atoms with Crippen LogP contribution >= 0.6 is 11.3 Å². The summed E-state index contributed by atoms with van der Waals surface area (Å²) < 4.78 is 1.15. The lowest BCUT2D eigenvalue weighted by atomic mass is 9.84. The Labute approximate surface area is 187 Å². The number of hydrogen-bond acceptors (Lipinski definition) is 7. The maximum absolute atomic E-state index is 10.6. The molecule has 2 aromatic heterocycles. The maximum atomic E-state index is 10.6. The average Bonchev–Trinajstić information content (AvgIpc) is 3.02. The summed E-state index contributed by atoms with van der Waals surface area (Å²) in [6.45, 7) is 11.6. The normalized spacial score (nSPS) is 29.4. The molecular formula is C24H31N5OS. The van der Waals surface area contributed by atoms with Gasteiger partial charge in [-0.3, -0.25) is 0 Å². The zero-order valence-electron chi connectivity index (χ0n) is 18.9. The van der Waals surface area contributed by atoms with Gasteiger partial charge in [0, 0.05) is 17.5 Å². The van der Waals surface area contributed by atoms with Crippen LogP contribution in [0.5, 0.6) is 0 Å². The first-order valence-corrected chi connectivity index (χ1v) is 12.0. The minimum Gasteiger partial charge on any atom is -0.392 e. The third-order valence-corrected chi connectivity index (χ3v) is 8.52. The van der Waals surface area contributed by atoms with E-state index in [0.717, 1.165) is 51.7 Å². The molecule has 0 saturated heterocycles. The number of aliphatic hydroxyl groups is 1. The third kappa shape index (κ3) is 3.21. The number of nitrogens with one attached hydrogen (secondary N) is 2. The molecule has 2 saturated carbocycles. The second-order valence-corrected chi connectivity index (χ2v) is 11.0. The Balaban J connectivity index is 1.59. The fourth-order valence-electron chi connectivity index (χ4n) is 5.22. The number of hydrogen-bond donors (Lipinski definition) is 3. The zero-order valence-corrected chi connectivity index (χ0v) is 19.7. The third-order valence-electron chi connectivity index (χ3n) is 7.46. The van der Waals surface area contributed by atoms with Gasteiger partial charge in [-0.15, -0.1) is 11.3 Å². The van der Waals surface area contributed by atoms with Crippen molar-refractivity contribution in [2.24, 2.45) is 17.3 Å². The summed E-state index contributed by atoms with van der Waals surface area (Å²) in [7, 11) is 0. The molecule has 6 nitrogen and oxygen atoms in total. The van der Waals surface area contributed by atoms with Gasteiger partial charge in [-0.1, -0.05) is 32.9 Å². The van der Waals surface area contributed by atoms with Crippen LogP contribution in [0.25, 0.3) is 20.8 Å². The van der Waals surface area contributed by atoms with Crippen LogP contribution in [-0.4, -0.2) is 38.2 Å². The number of thiazole rings is 1. The highest BCUT2D eigenvalue weighted by Crippen LogP contribution is 2.68. The standard InChI is InChI=1S/C24H31N5OS/c1-13(2)12-25-22-26-14(3)18(21-27-16-8-6-7-9-17(16)31-21)20(28-22)29-23(4)11-10-15-19(30)24(15,23)5/h6-9,13,15,19,30H,10-12H2,1-5H3,(H2,25,26,28,29). The van der Waals surface area contributed by atoms with Crippen molar-refractivity contribution in [1.82, 2.24) is 15.0 Å². The summed E-state index contributed by atoms with van der Waals surface area (Å²) in [4.78, 5) is 14.6. The maximum Gasteiger partial charge on any atom is 0.224 e. The molecule has 164 valence electrons. The lowest BCUT2D eigenvalue weighted by molar-refractivity contribution is 0.172. The van der Waals surface area contributed by atoms with Crippen molar-refractivity contribution in [3.05, 3.63) is 30.0 Å². The molecule has 5 rings (SSSR count). The van der Waals surface area contributed by atoms with Crippen molar-refractivity contribution < 1.29 is 5.11 Å². The molecule has 2 aliphatic carbocycles. The number of nitrogens with zero attached hydrogens (tertiary/aromatic N) is 3. The minimum atomic E-state index is -0.244. The highest BCUT2D eigenvalue weighted by atomic mass is 32.1. The van der Waals surface area contributed by atoms with Crippen LogP contribution in [0.4, 0.5) is 11.8 Å². The Morgan fingerprint density at radius 2 is 1.97 bits per heavy atom. The molecule has 31 heavy (non-hydrogen) atoms. The van der Waals surface area contributed by atoms with Gasteiger partial charge in [0.05, 0.1) is 27.6 Å². The number of rotatable bonds is 6. The quantitative estimate of drug-likeness (QED) is 0.498. The van der Waals surface area contributed by atoms with Crippen molar-refractivity contribution in [2.45, 2.75) is 59.1 Å². The molecule has 1 aromatic carbocycles. The fraction of sp³-hybridized carbons (Fsp3) is 0.542. The summed E-state index contributed by atoms with van der Waals surface area (Å²) in [6.07, 6.45) is 1.81. The van der Waals surface area contributed by atoms with Crippen molar-refractivity contribution >= 4 is 33.3 Å². The smallest absolute Gasteiger partial charge is 0.224 e. The van der Waals surface area contributed by atoms with E-state index in [2.05, 4.69) is 44.4 Å². The molecule has 0 bridgehead atoms. The van der Waals surface area contributed by atoms with Crippen LogP contribution in [0.1, 0.15) is 46.2 Å². The van der Waals surface area contributed by atoms with Gasteiger partial charge in [0.25, 0.3) is 0 Å². The second-order valence-electron chi connectivity index (χ2n) is 9.95. The molecule has 3 N–H and O–H groups in total. The average molecular weight is 438 g/mol. The van der Waals surface area contributed by atoms with Crippen LogP contribution in [-0.2, 0) is 0 Å². The molecule has 7 heteroatoms. The topological polar surface area (TPSA) is 83.0 Å². The number of para-hydroxylation sites is 1. The Bertz CT molecular complexity index is 1110. The molecule has 2 fully saturated rings. The van der Waals surface area contributed by atoms with Gasteiger partial charge < -0.3 is 15.7 Å². The van der Waals surface area contributed by atoms with Gasteiger partial charge in [-0.05, 0) is 50.7 Å². The SMILES string of the molecule is Cc1nc(NCC(C)C)nc(NC2(C)CCC3C(O)C32C)c1-c1nc2ccccc2s1. The number of anilines is 2. The molecule has 4 unspecified atom stereocenters. The van der Waals surface area contributed by atoms with Gasteiger partial charge in [0.1, 0.15) is 10.8 Å². The van der Waals surface area contributed by atoms with Crippen LogP contribution in [0.15, 0.2) is 24.3 Å². The van der Waals surface area contributed by atoms with Gasteiger partial charge in [-0.25, -0.2) is 9.97 Å². The van der Waals surface area contributed by atoms with E-state index in [4.69, 9.17) is 15.0 Å². The predicted molar refractivity (Wildman–Crippen MR) is 128 cm³/mol. The van der Waals surface area contributed by atoms with E-state index in [1.807, 2.05) is 25.1 Å². The lowest BCUT2D eigenvalue weighted by Crippen LogP contribution is -2.43. The van der Waals surface area contributed by atoms with Crippen molar-refractivity contribution in [2.75, 3.05) is 17.2 Å². The Morgan fingerprint density at radius 1 is 1.19 bits per heavy atom. The summed E-state index contributed by atoms with van der Waals surface area (Å²) in [5.74, 6) is 2.31. The molecule has 0 aliphatic heterocycles. The molecular weight excluding hydrogens is 406 g/mol. The van der Waals surface area contributed by atoms with Crippen molar-refractivity contribution in [1.29, 1.82) is 0 Å². The first-order valence-electron chi connectivity index (χ1n) is 11.2. The van der Waals surface area contributed by atoms with E-state index in [0.29, 0.717) is 17.8 Å². The Kier molecular flexibility index (Phi) is 4.75. The number of fused-ring (bicyclic) bond motifs is 2. The van der Waals surface area contributed by atoms with Gasteiger partial charge in [-0.2, -0.15) is 4.98 Å².